The Balaban J connectivity index is 1.79. The molecule has 0 saturated carbocycles. The van der Waals surface area contributed by atoms with E-state index in [1.807, 2.05) is 24.3 Å². The molecule has 0 bridgehead atoms. The molecule has 1 atom stereocenters. The van der Waals surface area contributed by atoms with Crippen molar-refractivity contribution >= 4 is 46.5 Å². The van der Waals surface area contributed by atoms with Crippen LogP contribution in [0.25, 0.3) is 0 Å². The number of carbonyl (C=O) groups excluding carboxylic acids is 3. The molecular weight excluding hydrogens is 338 g/mol. The second kappa shape index (κ2) is 5.63. The molecule has 3 amide bonds. The van der Waals surface area contributed by atoms with Crippen LogP contribution in [0.3, 0.4) is 0 Å². The highest BCUT2D eigenvalue weighted by molar-refractivity contribution is 8.02. The SMILES string of the molecule is CC(=O)Nc1ccc(N2C(=O)CS[C@@]23C(=O)Nc2ccccc23)cc1. The first kappa shape index (κ1) is 15.7. The van der Waals surface area contributed by atoms with Crippen LogP contribution in [-0.2, 0) is 19.3 Å². The Morgan fingerprint density at radius 1 is 1.16 bits per heavy atom. The van der Waals surface area contributed by atoms with Gasteiger partial charge in [0.15, 0.2) is 0 Å². The van der Waals surface area contributed by atoms with Gasteiger partial charge in [-0.15, -0.1) is 11.8 Å². The normalized spacial score (nSPS) is 21.4. The van der Waals surface area contributed by atoms with Gasteiger partial charge in [0.25, 0.3) is 5.91 Å². The smallest absolute Gasteiger partial charge is 0.266 e. The average Bonchev–Trinajstić information content (AvgIpc) is 3.07. The van der Waals surface area contributed by atoms with E-state index in [1.165, 1.54) is 18.7 Å². The summed E-state index contributed by atoms with van der Waals surface area (Å²) < 4.78 is 0. The molecule has 2 N–H and O–H groups in total. The Labute approximate surface area is 148 Å². The van der Waals surface area contributed by atoms with E-state index in [9.17, 15) is 14.4 Å². The topological polar surface area (TPSA) is 78.5 Å². The average molecular weight is 353 g/mol. The van der Waals surface area contributed by atoms with Crippen molar-refractivity contribution in [2.45, 2.75) is 11.8 Å². The number of carbonyl (C=O) groups is 3. The minimum atomic E-state index is -1.08. The minimum Gasteiger partial charge on any atom is -0.326 e. The number of thioether (sulfide) groups is 1. The molecule has 1 saturated heterocycles. The molecule has 2 aliphatic heterocycles. The Hall–Kier alpha value is -2.80. The second-order valence-electron chi connectivity index (χ2n) is 5.89. The fraction of sp³-hybridized carbons (Fsp3) is 0.167. The monoisotopic (exact) mass is 353 g/mol. The Kier molecular flexibility index (Phi) is 3.54. The van der Waals surface area contributed by atoms with E-state index in [0.29, 0.717) is 11.4 Å². The van der Waals surface area contributed by atoms with Crippen LogP contribution in [-0.4, -0.2) is 23.5 Å². The largest absolute Gasteiger partial charge is 0.326 e. The molecule has 2 aromatic carbocycles. The van der Waals surface area contributed by atoms with Crippen LogP contribution in [0.4, 0.5) is 17.1 Å². The van der Waals surface area contributed by atoms with Crippen molar-refractivity contribution in [2.75, 3.05) is 21.3 Å². The van der Waals surface area contributed by atoms with E-state index in [-0.39, 0.29) is 23.5 Å². The summed E-state index contributed by atoms with van der Waals surface area (Å²) in [7, 11) is 0. The number of benzene rings is 2. The van der Waals surface area contributed by atoms with Gasteiger partial charge in [-0.1, -0.05) is 18.2 Å². The van der Waals surface area contributed by atoms with E-state index in [0.717, 1.165) is 11.3 Å². The summed E-state index contributed by atoms with van der Waals surface area (Å²) in [5.74, 6) is -0.268. The predicted molar refractivity (Wildman–Crippen MR) is 97.4 cm³/mol. The van der Waals surface area contributed by atoms with Crippen LogP contribution in [0.5, 0.6) is 0 Å². The van der Waals surface area contributed by atoms with Gasteiger partial charge in [0, 0.05) is 29.5 Å². The summed E-state index contributed by atoms with van der Waals surface area (Å²) in [5.41, 5.74) is 2.79. The molecule has 126 valence electrons. The van der Waals surface area contributed by atoms with Crippen molar-refractivity contribution in [3.8, 4) is 0 Å². The molecule has 4 rings (SSSR count). The van der Waals surface area contributed by atoms with Crippen molar-refractivity contribution in [2.24, 2.45) is 0 Å². The lowest BCUT2D eigenvalue weighted by Gasteiger charge is -2.32. The highest BCUT2D eigenvalue weighted by Crippen LogP contribution is 2.53. The maximum Gasteiger partial charge on any atom is 0.266 e. The molecule has 1 fully saturated rings. The van der Waals surface area contributed by atoms with Crippen LogP contribution < -0.4 is 15.5 Å². The summed E-state index contributed by atoms with van der Waals surface area (Å²) in [6.07, 6.45) is 0. The zero-order valence-corrected chi connectivity index (χ0v) is 14.2. The third-order valence-corrected chi connectivity index (χ3v) is 5.66. The van der Waals surface area contributed by atoms with Gasteiger partial charge in [0.2, 0.25) is 16.7 Å². The minimum absolute atomic E-state index is 0.121. The highest BCUT2D eigenvalue weighted by Gasteiger charge is 2.58. The maximum atomic E-state index is 12.8. The maximum absolute atomic E-state index is 12.8. The van der Waals surface area contributed by atoms with E-state index in [4.69, 9.17) is 0 Å². The van der Waals surface area contributed by atoms with Crippen LogP contribution in [0, 0.1) is 0 Å². The van der Waals surface area contributed by atoms with Gasteiger partial charge in [-0.2, -0.15) is 0 Å². The molecule has 7 heteroatoms. The molecule has 2 aromatic rings. The van der Waals surface area contributed by atoms with E-state index >= 15 is 0 Å². The number of fused-ring (bicyclic) bond motifs is 2. The molecule has 1 spiro atoms. The lowest BCUT2D eigenvalue weighted by molar-refractivity contribution is -0.122. The van der Waals surface area contributed by atoms with E-state index < -0.39 is 4.87 Å². The lowest BCUT2D eigenvalue weighted by atomic mass is 10.0. The first-order valence-electron chi connectivity index (χ1n) is 7.78. The summed E-state index contributed by atoms with van der Waals surface area (Å²) in [4.78, 5) is 37.1. The van der Waals surface area contributed by atoms with E-state index in [2.05, 4.69) is 10.6 Å². The first-order valence-corrected chi connectivity index (χ1v) is 8.76. The third kappa shape index (κ3) is 2.31. The number of rotatable bonds is 2. The molecule has 0 radical (unpaired) electrons. The summed E-state index contributed by atoms with van der Waals surface area (Å²) in [6, 6.07) is 14.4. The number of nitrogens with zero attached hydrogens (tertiary/aromatic N) is 1. The fourth-order valence-corrected chi connectivity index (χ4v) is 4.59. The van der Waals surface area contributed by atoms with Crippen LogP contribution in [0.15, 0.2) is 48.5 Å². The number of anilines is 3. The highest BCUT2D eigenvalue weighted by atomic mass is 32.2. The standard InChI is InChI=1S/C18H15N3O3S/c1-11(22)19-12-6-8-13(9-7-12)21-16(23)10-25-18(21)14-4-2-3-5-15(14)20-17(18)24/h2-9H,10H2,1H3,(H,19,22)(H,20,24)/t18-/m0/s1. The quantitative estimate of drug-likeness (QED) is 0.870. The van der Waals surface area contributed by atoms with Gasteiger partial charge in [0.1, 0.15) is 0 Å². The van der Waals surface area contributed by atoms with Gasteiger partial charge in [0.05, 0.1) is 5.75 Å². The van der Waals surface area contributed by atoms with E-state index in [1.54, 1.807) is 29.2 Å². The Morgan fingerprint density at radius 3 is 2.60 bits per heavy atom. The summed E-state index contributed by atoms with van der Waals surface area (Å²) in [5, 5.41) is 5.57. The molecule has 2 heterocycles. The number of hydrogen-bond acceptors (Lipinski definition) is 4. The van der Waals surface area contributed by atoms with Gasteiger partial charge >= 0.3 is 0 Å². The Morgan fingerprint density at radius 2 is 1.88 bits per heavy atom. The van der Waals surface area contributed by atoms with Crippen molar-refractivity contribution in [1.29, 1.82) is 0 Å². The van der Waals surface area contributed by atoms with Gasteiger partial charge in [-0.25, -0.2) is 0 Å². The lowest BCUT2D eigenvalue weighted by Crippen LogP contribution is -2.47. The molecule has 0 aromatic heterocycles. The third-order valence-electron chi connectivity index (χ3n) is 4.26. The zero-order valence-electron chi connectivity index (χ0n) is 13.4. The van der Waals surface area contributed by atoms with Crippen molar-refractivity contribution in [3.05, 3.63) is 54.1 Å². The number of para-hydroxylation sites is 1. The van der Waals surface area contributed by atoms with Crippen molar-refractivity contribution in [3.63, 3.8) is 0 Å². The molecule has 0 aliphatic carbocycles. The molecule has 2 aliphatic rings. The zero-order chi connectivity index (χ0) is 17.6. The first-order chi connectivity index (χ1) is 12.0. The summed E-state index contributed by atoms with van der Waals surface area (Å²) in [6.45, 7) is 1.43. The van der Waals surface area contributed by atoms with Crippen molar-refractivity contribution in [1.82, 2.24) is 0 Å². The predicted octanol–water partition coefficient (Wildman–Crippen LogP) is 2.53. The molecular formula is C18H15N3O3S. The van der Waals surface area contributed by atoms with Gasteiger partial charge in [-0.05, 0) is 30.3 Å². The van der Waals surface area contributed by atoms with Crippen molar-refractivity contribution < 1.29 is 14.4 Å². The molecule has 25 heavy (non-hydrogen) atoms. The fourth-order valence-electron chi connectivity index (χ4n) is 3.28. The number of nitrogens with one attached hydrogen (secondary N) is 2. The second-order valence-corrected chi connectivity index (χ2v) is 7.06. The van der Waals surface area contributed by atoms with Crippen LogP contribution in [0.2, 0.25) is 0 Å². The molecule has 0 unspecified atom stereocenters. The number of hydrogen-bond donors (Lipinski definition) is 2. The van der Waals surface area contributed by atoms with Gasteiger partial charge < -0.3 is 10.6 Å². The Bertz CT molecular complexity index is 897. The van der Waals surface area contributed by atoms with Gasteiger partial charge in [-0.3, -0.25) is 19.3 Å². The van der Waals surface area contributed by atoms with Crippen LogP contribution >= 0.6 is 11.8 Å². The summed E-state index contributed by atoms with van der Waals surface area (Å²) >= 11 is 1.32. The molecule has 6 nitrogen and oxygen atoms in total. The van der Waals surface area contributed by atoms with Crippen LogP contribution in [0.1, 0.15) is 12.5 Å². The number of amides is 3.